The van der Waals surface area contributed by atoms with Gasteiger partial charge in [-0.1, -0.05) is 13.3 Å². The summed E-state index contributed by atoms with van der Waals surface area (Å²) in [6, 6.07) is 4.85. The predicted octanol–water partition coefficient (Wildman–Crippen LogP) is 2.95. The van der Waals surface area contributed by atoms with Crippen molar-refractivity contribution in [3.63, 3.8) is 0 Å². The summed E-state index contributed by atoms with van der Waals surface area (Å²) in [5, 5.41) is 9.46. The van der Waals surface area contributed by atoms with Crippen LogP contribution < -0.4 is 0 Å². The van der Waals surface area contributed by atoms with Crippen LogP contribution in [0.2, 0.25) is 0 Å². The van der Waals surface area contributed by atoms with Gasteiger partial charge in [0.05, 0.1) is 6.61 Å². The third kappa shape index (κ3) is 3.70. The molecule has 0 aliphatic heterocycles. The van der Waals surface area contributed by atoms with Gasteiger partial charge >= 0.3 is 5.97 Å². The van der Waals surface area contributed by atoms with Crippen LogP contribution in [-0.2, 0) is 4.74 Å². The lowest BCUT2D eigenvalue weighted by atomic mass is 10.2. The number of phenols is 1. The Labute approximate surface area is 103 Å². The van der Waals surface area contributed by atoms with Crippen LogP contribution in [0.3, 0.4) is 0 Å². The summed E-state index contributed by atoms with van der Waals surface area (Å²) < 4.78 is 5.90. The van der Waals surface area contributed by atoms with E-state index in [2.05, 4.69) is 22.6 Å². The van der Waals surface area contributed by atoms with E-state index in [1.54, 1.807) is 12.1 Å². The Morgan fingerprint density at radius 2 is 2.27 bits per heavy atom. The molecule has 0 unspecified atom stereocenters. The zero-order valence-corrected chi connectivity index (χ0v) is 10.7. The highest BCUT2D eigenvalue weighted by atomic mass is 127. The summed E-state index contributed by atoms with van der Waals surface area (Å²) in [5.74, 6) is -0.489. The molecule has 0 heterocycles. The molecule has 3 nitrogen and oxygen atoms in total. The molecular weight excluding hydrogens is 307 g/mol. The number of carbonyl (C=O) groups excluding carboxylic acids is 1. The van der Waals surface area contributed by atoms with Gasteiger partial charge < -0.3 is 9.84 Å². The maximum atomic E-state index is 11.5. The lowest BCUT2D eigenvalue weighted by Crippen LogP contribution is -2.06. The highest BCUT2D eigenvalue weighted by molar-refractivity contribution is 14.1. The maximum absolute atomic E-state index is 11.5. The number of esters is 1. The lowest BCUT2D eigenvalue weighted by molar-refractivity contribution is 0.0496. The van der Waals surface area contributed by atoms with Gasteiger partial charge in [0.15, 0.2) is 0 Å². The van der Waals surface area contributed by atoms with Gasteiger partial charge in [-0.25, -0.2) is 4.79 Å². The fraction of sp³-hybridized carbons (Fsp3) is 0.364. The molecule has 0 aromatic heterocycles. The first kappa shape index (κ1) is 12.3. The average Bonchev–Trinajstić information content (AvgIpc) is 2.22. The van der Waals surface area contributed by atoms with Crippen LogP contribution in [0, 0.1) is 3.57 Å². The van der Waals surface area contributed by atoms with Gasteiger partial charge in [-0.2, -0.15) is 0 Å². The highest BCUT2D eigenvalue weighted by Crippen LogP contribution is 2.20. The molecule has 0 fully saturated rings. The van der Waals surface area contributed by atoms with Gasteiger partial charge in [0, 0.05) is 3.57 Å². The Kier molecular flexibility index (Phi) is 4.87. The highest BCUT2D eigenvalue weighted by Gasteiger charge is 2.12. The molecule has 1 N–H and O–H groups in total. The molecule has 82 valence electrons. The van der Waals surface area contributed by atoms with Crippen LogP contribution in [0.15, 0.2) is 18.2 Å². The summed E-state index contributed by atoms with van der Waals surface area (Å²) >= 11 is 2.08. The van der Waals surface area contributed by atoms with Crippen molar-refractivity contribution in [2.24, 2.45) is 0 Å². The Bertz CT molecular complexity index is 350. The third-order valence-corrected chi connectivity index (χ3v) is 2.58. The van der Waals surface area contributed by atoms with Crippen LogP contribution >= 0.6 is 22.6 Å². The zero-order valence-electron chi connectivity index (χ0n) is 8.50. The Balaban J connectivity index is 2.68. The van der Waals surface area contributed by atoms with E-state index in [1.807, 2.05) is 6.92 Å². The van der Waals surface area contributed by atoms with Crippen LogP contribution in [0.1, 0.15) is 30.1 Å². The number of carbonyl (C=O) groups is 1. The molecule has 0 atom stereocenters. The van der Waals surface area contributed by atoms with E-state index in [1.165, 1.54) is 6.07 Å². The molecule has 0 saturated carbocycles. The molecule has 1 aromatic carbocycles. The van der Waals surface area contributed by atoms with Gasteiger partial charge in [-0.15, -0.1) is 0 Å². The second-order valence-electron chi connectivity index (χ2n) is 3.15. The first-order valence-corrected chi connectivity index (χ1v) is 5.88. The summed E-state index contributed by atoms with van der Waals surface area (Å²) in [7, 11) is 0. The van der Waals surface area contributed by atoms with E-state index in [4.69, 9.17) is 4.74 Å². The normalized spacial score (nSPS) is 10.0. The summed E-state index contributed by atoms with van der Waals surface area (Å²) in [4.78, 5) is 11.5. The van der Waals surface area contributed by atoms with E-state index in [-0.39, 0.29) is 11.3 Å². The molecule has 4 heteroatoms. The van der Waals surface area contributed by atoms with Crippen molar-refractivity contribution in [1.29, 1.82) is 0 Å². The fourth-order valence-electron chi connectivity index (χ4n) is 1.06. The summed E-state index contributed by atoms with van der Waals surface area (Å²) in [5.41, 5.74) is 0.234. The smallest absolute Gasteiger partial charge is 0.341 e. The molecule has 0 spiro atoms. The standard InChI is InChI=1S/C11H13IO3/c1-2-3-6-15-11(14)9-7-8(12)4-5-10(9)13/h4-5,7,13H,2-3,6H2,1H3. The molecule has 0 bridgehead atoms. The first-order chi connectivity index (χ1) is 7.15. The van der Waals surface area contributed by atoms with Crippen LogP contribution in [0.4, 0.5) is 0 Å². The van der Waals surface area contributed by atoms with Gasteiger partial charge in [0.2, 0.25) is 0 Å². The minimum atomic E-state index is -0.459. The van der Waals surface area contributed by atoms with E-state index in [0.29, 0.717) is 6.61 Å². The Morgan fingerprint density at radius 3 is 2.93 bits per heavy atom. The number of unbranched alkanes of at least 4 members (excludes halogenated alkanes) is 1. The maximum Gasteiger partial charge on any atom is 0.341 e. The van der Waals surface area contributed by atoms with Crippen LogP contribution in [0.25, 0.3) is 0 Å². The molecular formula is C11H13IO3. The topological polar surface area (TPSA) is 46.5 Å². The van der Waals surface area contributed by atoms with Crippen molar-refractivity contribution in [3.05, 3.63) is 27.3 Å². The second-order valence-corrected chi connectivity index (χ2v) is 4.40. The number of halogens is 1. The van der Waals surface area contributed by atoms with E-state index in [9.17, 15) is 9.90 Å². The second kappa shape index (κ2) is 5.95. The van der Waals surface area contributed by atoms with E-state index < -0.39 is 5.97 Å². The van der Waals surface area contributed by atoms with Crippen molar-refractivity contribution in [2.45, 2.75) is 19.8 Å². The number of hydrogen-bond donors (Lipinski definition) is 1. The predicted molar refractivity (Wildman–Crippen MR) is 66.0 cm³/mol. The molecule has 1 rings (SSSR count). The SMILES string of the molecule is CCCCOC(=O)c1cc(I)ccc1O. The molecule has 0 aliphatic rings. The molecule has 0 aliphatic carbocycles. The van der Waals surface area contributed by atoms with Gasteiger partial charge in [0.1, 0.15) is 11.3 Å². The van der Waals surface area contributed by atoms with Crippen molar-refractivity contribution < 1.29 is 14.6 Å². The number of aromatic hydroxyl groups is 1. The summed E-state index contributed by atoms with van der Waals surface area (Å²) in [6.45, 7) is 2.43. The minimum Gasteiger partial charge on any atom is -0.507 e. The van der Waals surface area contributed by atoms with Crippen molar-refractivity contribution in [3.8, 4) is 5.75 Å². The monoisotopic (exact) mass is 320 g/mol. The van der Waals surface area contributed by atoms with Crippen LogP contribution in [0.5, 0.6) is 5.75 Å². The molecule has 0 radical (unpaired) electrons. The van der Waals surface area contributed by atoms with Crippen molar-refractivity contribution in [1.82, 2.24) is 0 Å². The first-order valence-electron chi connectivity index (χ1n) is 4.80. The lowest BCUT2D eigenvalue weighted by Gasteiger charge is -2.05. The summed E-state index contributed by atoms with van der Waals surface area (Å²) in [6.07, 6.45) is 1.82. The zero-order chi connectivity index (χ0) is 11.3. The minimum absolute atomic E-state index is 0.0306. The van der Waals surface area contributed by atoms with E-state index in [0.717, 1.165) is 16.4 Å². The van der Waals surface area contributed by atoms with E-state index >= 15 is 0 Å². The number of benzene rings is 1. The number of hydrogen-bond acceptors (Lipinski definition) is 3. The van der Waals surface area contributed by atoms with Gasteiger partial charge in [-0.3, -0.25) is 0 Å². The Morgan fingerprint density at radius 1 is 1.53 bits per heavy atom. The van der Waals surface area contributed by atoms with Crippen LogP contribution in [-0.4, -0.2) is 17.7 Å². The molecule has 0 saturated heterocycles. The Hall–Kier alpha value is -0.780. The average molecular weight is 320 g/mol. The molecule has 0 amide bonds. The number of rotatable bonds is 4. The largest absolute Gasteiger partial charge is 0.507 e. The number of phenolic OH excluding ortho intramolecular Hbond substituents is 1. The quantitative estimate of drug-likeness (QED) is 0.527. The van der Waals surface area contributed by atoms with Gasteiger partial charge in [0.25, 0.3) is 0 Å². The number of ether oxygens (including phenoxy) is 1. The third-order valence-electron chi connectivity index (χ3n) is 1.91. The fourth-order valence-corrected chi connectivity index (χ4v) is 1.55. The molecule has 15 heavy (non-hydrogen) atoms. The molecule has 1 aromatic rings. The van der Waals surface area contributed by atoms with Gasteiger partial charge in [-0.05, 0) is 47.2 Å². The van der Waals surface area contributed by atoms with Crippen molar-refractivity contribution in [2.75, 3.05) is 6.61 Å². The van der Waals surface area contributed by atoms with Crippen molar-refractivity contribution >= 4 is 28.6 Å².